The summed E-state index contributed by atoms with van der Waals surface area (Å²) >= 11 is 0. The van der Waals surface area contributed by atoms with Crippen LogP contribution in [-0.2, 0) is 4.79 Å². The SMILES string of the molecule is C[C@@H](Oc1ccc(Oc2ccc3cc(F)ccc3n2)cc1)C(=O)O. The monoisotopic (exact) mass is 327 g/mol. The fourth-order valence-corrected chi connectivity index (χ4v) is 2.10. The van der Waals surface area contributed by atoms with Gasteiger partial charge in [-0.15, -0.1) is 0 Å². The van der Waals surface area contributed by atoms with E-state index < -0.39 is 12.1 Å². The number of hydrogen-bond donors (Lipinski definition) is 1. The average Bonchev–Trinajstić information content (AvgIpc) is 2.56. The number of benzene rings is 2. The zero-order valence-electron chi connectivity index (χ0n) is 12.8. The van der Waals surface area contributed by atoms with Crippen LogP contribution in [0.25, 0.3) is 10.9 Å². The number of carboxylic acid groups (broad SMARTS) is 1. The molecule has 1 heterocycles. The van der Waals surface area contributed by atoms with E-state index in [1.165, 1.54) is 19.1 Å². The highest BCUT2D eigenvalue weighted by Gasteiger charge is 2.12. The molecule has 1 N–H and O–H groups in total. The normalized spacial score (nSPS) is 11.9. The van der Waals surface area contributed by atoms with Gasteiger partial charge in [-0.05, 0) is 55.5 Å². The van der Waals surface area contributed by atoms with Gasteiger partial charge < -0.3 is 14.6 Å². The van der Waals surface area contributed by atoms with E-state index in [1.807, 2.05) is 0 Å². The quantitative estimate of drug-likeness (QED) is 0.766. The second-order valence-corrected chi connectivity index (χ2v) is 5.16. The lowest BCUT2D eigenvalue weighted by Gasteiger charge is -2.11. The van der Waals surface area contributed by atoms with Gasteiger partial charge in [0.2, 0.25) is 5.88 Å². The zero-order chi connectivity index (χ0) is 17.1. The van der Waals surface area contributed by atoms with Gasteiger partial charge >= 0.3 is 5.97 Å². The average molecular weight is 327 g/mol. The summed E-state index contributed by atoms with van der Waals surface area (Å²) in [7, 11) is 0. The van der Waals surface area contributed by atoms with E-state index in [4.69, 9.17) is 14.6 Å². The van der Waals surface area contributed by atoms with Gasteiger partial charge in [-0.2, -0.15) is 0 Å². The Hall–Kier alpha value is -3.15. The third-order valence-corrected chi connectivity index (χ3v) is 3.33. The van der Waals surface area contributed by atoms with E-state index in [9.17, 15) is 9.18 Å². The van der Waals surface area contributed by atoms with E-state index in [2.05, 4.69) is 4.98 Å². The van der Waals surface area contributed by atoms with Crippen molar-refractivity contribution in [2.45, 2.75) is 13.0 Å². The lowest BCUT2D eigenvalue weighted by molar-refractivity contribution is -0.144. The van der Waals surface area contributed by atoms with Crippen LogP contribution >= 0.6 is 0 Å². The van der Waals surface area contributed by atoms with Crippen LogP contribution in [0, 0.1) is 5.82 Å². The van der Waals surface area contributed by atoms with Crippen LogP contribution in [0.1, 0.15) is 6.92 Å². The first-order valence-electron chi connectivity index (χ1n) is 7.25. The molecule has 5 nitrogen and oxygen atoms in total. The van der Waals surface area contributed by atoms with Gasteiger partial charge in [-0.1, -0.05) is 0 Å². The predicted molar refractivity (Wildman–Crippen MR) is 85.9 cm³/mol. The minimum absolute atomic E-state index is 0.316. The van der Waals surface area contributed by atoms with Crippen molar-refractivity contribution in [3.63, 3.8) is 0 Å². The molecular weight excluding hydrogens is 313 g/mol. The molecule has 24 heavy (non-hydrogen) atoms. The van der Waals surface area contributed by atoms with Gasteiger partial charge in [0.1, 0.15) is 17.3 Å². The molecule has 2 aromatic carbocycles. The summed E-state index contributed by atoms with van der Waals surface area (Å²) < 4.78 is 24.0. The standard InChI is InChI=1S/C18H14FNO4/c1-11(18(21)22)23-14-4-6-15(7-5-14)24-17-9-2-12-10-13(19)3-8-16(12)20-17/h2-11H,1H3,(H,21,22)/t11-/m1/s1. The number of aliphatic carboxylic acids is 1. The number of carbonyl (C=O) groups is 1. The van der Waals surface area contributed by atoms with Gasteiger partial charge in [0.25, 0.3) is 0 Å². The maximum atomic E-state index is 13.2. The number of hydrogen-bond acceptors (Lipinski definition) is 4. The first kappa shape index (κ1) is 15.7. The van der Waals surface area contributed by atoms with E-state index >= 15 is 0 Å². The second kappa shape index (κ2) is 6.54. The fraction of sp³-hybridized carbons (Fsp3) is 0.111. The summed E-state index contributed by atoms with van der Waals surface area (Å²) in [4.78, 5) is 15.1. The van der Waals surface area contributed by atoms with Crippen molar-refractivity contribution in [2.75, 3.05) is 0 Å². The summed E-state index contributed by atoms with van der Waals surface area (Å²) in [6.45, 7) is 1.45. The molecule has 0 fully saturated rings. The molecule has 0 saturated carbocycles. The fourth-order valence-electron chi connectivity index (χ4n) is 2.10. The maximum Gasteiger partial charge on any atom is 0.344 e. The highest BCUT2D eigenvalue weighted by molar-refractivity contribution is 5.79. The first-order valence-corrected chi connectivity index (χ1v) is 7.25. The molecule has 0 amide bonds. The van der Waals surface area contributed by atoms with Crippen LogP contribution in [0.3, 0.4) is 0 Å². The second-order valence-electron chi connectivity index (χ2n) is 5.16. The van der Waals surface area contributed by atoms with E-state index in [1.54, 1.807) is 42.5 Å². The predicted octanol–water partition coefficient (Wildman–Crippen LogP) is 4.02. The smallest absolute Gasteiger partial charge is 0.344 e. The Balaban J connectivity index is 1.74. The van der Waals surface area contributed by atoms with E-state index in [0.717, 1.165) is 0 Å². The third-order valence-electron chi connectivity index (χ3n) is 3.33. The van der Waals surface area contributed by atoms with Gasteiger partial charge in [-0.3, -0.25) is 0 Å². The van der Waals surface area contributed by atoms with Crippen molar-refractivity contribution in [3.05, 3.63) is 60.4 Å². The number of aromatic nitrogens is 1. The molecule has 122 valence electrons. The van der Waals surface area contributed by atoms with Crippen molar-refractivity contribution >= 4 is 16.9 Å². The summed E-state index contributed by atoms with van der Waals surface area (Å²) in [5.41, 5.74) is 0.629. The molecule has 3 rings (SSSR count). The number of fused-ring (bicyclic) bond motifs is 1. The molecule has 0 aliphatic carbocycles. The van der Waals surface area contributed by atoms with Crippen LogP contribution in [0.4, 0.5) is 4.39 Å². The molecule has 3 aromatic rings. The summed E-state index contributed by atoms with van der Waals surface area (Å²) in [5, 5.41) is 9.50. The van der Waals surface area contributed by atoms with Gasteiger partial charge in [0.05, 0.1) is 5.52 Å². The molecule has 0 unspecified atom stereocenters. The summed E-state index contributed by atoms with van der Waals surface area (Å²) in [6, 6.07) is 14.3. The minimum atomic E-state index is -1.04. The van der Waals surface area contributed by atoms with Crippen LogP contribution < -0.4 is 9.47 Å². The lowest BCUT2D eigenvalue weighted by Crippen LogP contribution is -2.22. The molecule has 1 atom stereocenters. The largest absolute Gasteiger partial charge is 0.479 e. The van der Waals surface area contributed by atoms with E-state index in [-0.39, 0.29) is 5.82 Å². The highest BCUT2D eigenvalue weighted by Crippen LogP contribution is 2.25. The van der Waals surface area contributed by atoms with Crippen molar-refractivity contribution in [2.24, 2.45) is 0 Å². The van der Waals surface area contributed by atoms with Crippen LogP contribution in [-0.4, -0.2) is 22.2 Å². The molecule has 1 aromatic heterocycles. The summed E-state index contributed by atoms with van der Waals surface area (Å²) in [6.07, 6.45) is -0.931. The zero-order valence-corrected chi connectivity index (χ0v) is 12.8. The third kappa shape index (κ3) is 3.60. The maximum absolute atomic E-state index is 13.2. The topological polar surface area (TPSA) is 68.7 Å². The number of nitrogens with zero attached hydrogens (tertiary/aromatic N) is 1. The molecule has 0 saturated heterocycles. The Morgan fingerprint density at radius 2 is 1.79 bits per heavy atom. The minimum Gasteiger partial charge on any atom is -0.479 e. The molecule has 0 radical (unpaired) electrons. The van der Waals surface area contributed by atoms with Crippen LogP contribution in [0.5, 0.6) is 17.4 Å². The molecule has 6 heteroatoms. The molecule has 0 bridgehead atoms. The van der Waals surface area contributed by atoms with Crippen molar-refractivity contribution in [1.29, 1.82) is 0 Å². The van der Waals surface area contributed by atoms with Crippen molar-refractivity contribution in [3.8, 4) is 17.4 Å². The Labute approximate surface area is 137 Å². The van der Waals surface area contributed by atoms with E-state index in [0.29, 0.717) is 28.3 Å². The number of pyridine rings is 1. The van der Waals surface area contributed by atoms with Gasteiger partial charge in [0.15, 0.2) is 6.10 Å². The summed E-state index contributed by atoms with van der Waals surface area (Å²) in [5.74, 6) is -0.0172. The first-order chi connectivity index (χ1) is 11.5. The number of halogens is 1. The lowest BCUT2D eigenvalue weighted by atomic mass is 10.2. The van der Waals surface area contributed by atoms with Gasteiger partial charge in [0, 0.05) is 11.5 Å². The Morgan fingerprint density at radius 1 is 1.08 bits per heavy atom. The number of carboxylic acids is 1. The van der Waals surface area contributed by atoms with Crippen LogP contribution in [0.2, 0.25) is 0 Å². The van der Waals surface area contributed by atoms with Crippen molar-refractivity contribution < 1.29 is 23.8 Å². The Bertz CT molecular complexity index is 880. The Morgan fingerprint density at radius 3 is 2.50 bits per heavy atom. The number of ether oxygens (including phenoxy) is 2. The van der Waals surface area contributed by atoms with Crippen molar-refractivity contribution in [1.82, 2.24) is 4.98 Å². The molecule has 0 aliphatic rings. The molecular formula is C18H14FNO4. The molecule has 0 aliphatic heterocycles. The highest BCUT2D eigenvalue weighted by atomic mass is 19.1. The van der Waals surface area contributed by atoms with Gasteiger partial charge in [-0.25, -0.2) is 14.2 Å². The number of rotatable bonds is 5. The molecule has 0 spiro atoms. The Kier molecular flexibility index (Phi) is 4.29. The van der Waals surface area contributed by atoms with Crippen LogP contribution in [0.15, 0.2) is 54.6 Å².